The molecule has 0 fully saturated rings. The lowest BCUT2D eigenvalue weighted by molar-refractivity contribution is -0.129. The minimum absolute atomic E-state index is 0.0914. The van der Waals surface area contributed by atoms with E-state index in [1.165, 1.54) is 6.92 Å². The molecule has 2 unspecified atom stereocenters. The average molecular weight is 217 g/mol. The predicted molar refractivity (Wildman–Crippen MR) is 55.9 cm³/mol. The minimum atomic E-state index is -1.04. The van der Waals surface area contributed by atoms with Crippen LogP contribution in [0.1, 0.15) is 20.8 Å². The zero-order chi connectivity index (χ0) is 12.0. The fraction of sp³-hybridized carbons (Fsp3) is 0.778. The van der Waals surface area contributed by atoms with Crippen LogP contribution in [0.2, 0.25) is 0 Å². The molecule has 88 valence electrons. The van der Waals surface area contributed by atoms with Crippen molar-refractivity contribution in [1.29, 1.82) is 0 Å². The van der Waals surface area contributed by atoms with E-state index < -0.39 is 18.1 Å². The Morgan fingerprint density at radius 1 is 1.33 bits per heavy atom. The molecule has 15 heavy (non-hydrogen) atoms. The Morgan fingerprint density at radius 3 is 2.20 bits per heavy atom. The number of carbonyl (C=O) groups is 2. The van der Waals surface area contributed by atoms with E-state index in [1.807, 2.05) is 13.8 Å². The Kier molecular flexibility index (Phi) is 5.88. The van der Waals surface area contributed by atoms with E-state index in [0.29, 0.717) is 0 Å². The Labute approximate surface area is 89.2 Å². The third-order valence-electron chi connectivity index (χ3n) is 1.78. The van der Waals surface area contributed by atoms with Crippen LogP contribution in [-0.2, 0) is 9.59 Å². The molecule has 0 aromatic heterocycles. The summed E-state index contributed by atoms with van der Waals surface area (Å²) in [5, 5.41) is 14.4. The van der Waals surface area contributed by atoms with Gasteiger partial charge in [0.2, 0.25) is 11.8 Å². The van der Waals surface area contributed by atoms with E-state index in [9.17, 15) is 14.7 Å². The van der Waals surface area contributed by atoms with Crippen molar-refractivity contribution in [1.82, 2.24) is 10.6 Å². The third-order valence-corrected chi connectivity index (χ3v) is 1.78. The minimum Gasteiger partial charge on any atom is -0.391 e. The third kappa shape index (κ3) is 6.03. The van der Waals surface area contributed by atoms with Gasteiger partial charge < -0.3 is 21.5 Å². The zero-order valence-electron chi connectivity index (χ0n) is 9.28. The molecule has 0 saturated heterocycles. The second-order valence-electron chi connectivity index (χ2n) is 3.72. The van der Waals surface area contributed by atoms with Crippen LogP contribution in [0, 0.1) is 0 Å². The Morgan fingerprint density at radius 2 is 1.87 bits per heavy atom. The molecular weight excluding hydrogens is 198 g/mol. The lowest BCUT2D eigenvalue weighted by Gasteiger charge is -2.18. The van der Waals surface area contributed by atoms with Crippen molar-refractivity contribution < 1.29 is 14.7 Å². The summed E-state index contributed by atoms with van der Waals surface area (Å²) >= 11 is 0. The highest BCUT2D eigenvalue weighted by atomic mass is 16.3. The van der Waals surface area contributed by atoms with Gasteiger partial charge in [0.15, 0.2) is 0 Å². The maximum absolute atomic E-state index is 11.3. The summed E-state index contributed by atoms with van der Waals surface area (Å²) in [7, 11) is 0. The quantitative estimate of drug-likeness (QED) is 0.427. The molecule has 0 aromatic rings. The average Bonchev–Trinajstić information content (AvgIpc) is 2.09. The summed E-state index contributed by atoms with van der Waals surface area (Å²) in [6, 6.07) is -0.860. The normalized spacial score (nSPS) is 14.7. The highest BCUT2D eigenvalue weighted by Gasteiger charge is 2.22. The maximum Gasteiger partial charge on any atom is 0.242 e. The predicted octanol–water partition coefficient (Wildman–Crippen LogP) is -1.66. The molecule has 2 atom stereocenters. The number of nitrogens with one attached hydrogen (secondary N) is 2. The molecule has 5 N–H and O–H groups in total. The number of hydrogen-bond acceptors (Lipinski definition) is 4. The summed E-state index contributed by atoms with van der Waals surface area (Å²) in [6.07, 6.45) is -0.995. The number of primary amides is 1. The fourth-order valence-corrected chi connectivity index (χ4v) is 0.951. The van der Waals surface area contributed by atoms with Crippen molar-refractivity contribution in [2.75, 3.05) is 6.54 Å². The van der Waals surface area contributed by atoms with E-state index in [0.717, 1.165) is 0 Å². The van der Waals surface area contributed by atoms with Gasteiger partial charge in [-0.05, 0) is 6.92 Å². The molecule has 0 radical (unpaired) electrons. The highest BCUT2D eigenvalue weighted by molar-refractivity contribution is 5.87. The van der Waals surface area contributed by atoms with Crippen LogP contribution in [0.25, 0.3) is 0 Å². The van der Waals surface area contributed by atoms with Crippen molar-refractivity contribution in [2.45, 2.75) is 39.0 Å². The van der Waals surface area contributed by atoms with Gasteiger partial charge in [-0.15, -0.1) is 0 Å². The first kappa shape index (κ1) is 13.9. The van der Waals surface area contributed by atoms with Crippen molar-refractivity contribution >= 4 is 11.8 Å². The number of aliphatic hydroxyl groups excluding tert-OH is 1. The largest absolute Gasteiger partial charge is 0.391 e. The van der Waals surface area contributed by atoms with Gasteiger partial charge in [-0.25, -0.2) is 0 Å². The Balaban J connectivity index is 4.07. The molecule has 0 aliphatic heterocycles. The van der Waals surface area contributed by atoms with E-state index in [-0.39, 0.29) is 18.5 Å². The fourth-order valence-electron chi connectivity index (χ4n) is 0.951. The molecule has 2 amide bonds. The summed E-state index contributed by atoms with van der Waals surface area (Å²) in [5.41, 5.74) is 5.01. The number of hydrogen-bond donors (Lipinski definition) is 4. The molecule has 0 rings (SSSR count). The number of rotatable bonds is 6. The van der Waals surface area contributed by atoms with Gasteiger partial charge in [0.05, 0.1) is 12.6 Å². The molecule has 6 nitrogen and oxygen atoms in total. The van der Waals surface area contributed by atoms with Crippen LogP contribution >= 0.6 is 0 Å². The highest BCUT2D eigenvalue weighted by Crippen LogP contribution is 1.91. The summed E-state index contributed by atoms with van der Waals surface area (Å²) in [6.45, 7) is 5.28. The molecule has 0 aliphatic carbocycles. The smallest absolute Gasteiger partial charge is 0.242 e. The van der Waals surface area contributed by atoms with Gasteiger partial charge in [-0.1, -0.05) is 13.8 Å². The van der Waals surface area contributed by atoms with E-state index in [1.54, 1.807) is 0 Å². The van der Waals surface area contributed by atoms with Gasteiger partial charge in [0, 0.05) is 6.04 Å². The molecule has 0 saturated carbocycles. The van der Waals surface area contributed by atoms with Gasteiger partial charge in [0.25, 0.3) is 0 Å². The Hall–Kier alpha value is -1.14. The Bertz CT molecular complexity index is 229. The van der Waals surface area contributed by atoms with Crippen LogP contribution in [0.3, 0.4) is 0 Å². The molecule has 0 aromatic carbocycles. The molecule has 6 heteroatoms. The van der Waals surface area contributed by atoms with Crippen molar-refractivity contribution in [3.05, 3.63) is 0 Å². The molecule has 0 spiro atoms. The van der Waals surface area contributed by atoms with Crippen molar-refractivity contribution in [2.24, 2.45) is 5.73 Å². The van der Waals surface area contributed by atoms with E-state index in [2.05, 4.69) is 10.6 Å². The molecule has 0 aliphatic rings. The summed E-state index contributed by atoms with van der Waals surface area (Å²) < 4.78 is 0. The van der Waals surface area contributed by atoms with Crippen LogP contribution in [0.4, 0.5) is 0 Å². The number of carbonyl (C=O) groups excluding carboxylic acids is 2. The zero-order valence-corrected chi connectivity index (χ0v) is 9.28. The van der Waals surface area contributed by atoms with Crippen LogP contribution in [0.5, 0.6) is 0 Å². The van der Waals surface area contributed by atoms with Gasteiger partial charge in [-0.2, -0.15) is 0 Å². The first-order valence-electron chi connectivity index (χ1n) is 4.84. The van der Waals surface area contributed by atoms with Crippen molar-refractivity contribution in [3.8, 4) is 0 Å². The SMILES string of the molecule is CC(C)NCC(=O)NC(C(N)=O)C(C)O. The molecular formula is C9H19N3O3. The second-order valence-corrected chi connectivity index (χ2v) is 3.72. The first-order chi connectivity index (χ1) is 6.84. The van der Waals surface area contributed by atoms with Gasteiger partial charge in [0.1, 0.15) is 6.04 Å². The van der Waals surface area contributed by atoms with E-state index >= 15 is 0 Å². The number of amides is 2. The van der Waals surface area contributed by atoms with E-state index in [4.69, 9.17) is 5.73 Å². The maximum atomic E-state index is 11.3. The topological polar surface area (TPSA) is 104 Å². The molecule has 0 bridgehead atoms. The lowest BCUT2D eigenvalue weighted by Crippen LogP contribution is -2.52. The lowest BCUT2D eigenvalue weighted by atomic mass is 10.1. The number of aliphatic hydroxyl groups is 1. The summed E-state index contributed by atoms with van der Waals surface area (Å²) in [4.78, 5) is 22.1. The van der Waals surface area contributed by atoms with Crippen LogP contribution < -0.4 is 16.4 Å². The standard InChI is InChI=1S/C9H19N3O3/c1-5(2)11-4-7(14)12-8(6(3)13)9(10)15/h5-6,8,11,13H,4H2,1-3H3,(H2,10,15)(H,12,14). The van der Waals surface area contributed by atoms with Gasteiger partial charge >= 0.3 is 0 Å². The number of nitrogens with two attached hydrogens (primary N) is 1. The van der Waals surface area contributed by atoms with Crippen LogP contribution in [-0.4, -0.2) is 41.7 Å². The van der Waals surface area contributed by atoms with Crippen molar-refractivity contribution in [3.63, 3.8) is 0 Å². The van der Waals surface area contributed by atoms with Crippen LogP contribution in [0.15, 0.2) is 0 Å². The summed E-state index contributed by atoms with van der Waals surface area (Å²) in [5.74, 6) is -1.11. The monoisotopic (exact) mass is 217 g/mol. The molecule has 0 heterocycles. The van der Waals surface area contributed by atoms with Gasteiger partial charge in [-0.3, -0.25) is 9.59 Å². The second kappa shape index (κ2) is 6.36. The first-order valence-corrected chi connectivity index (χ1v) is 4.84.